The minimum atomic E-state index is -0.456. The van der Waals surface area contributed by atoms with Crippen LogP contribution in [0, 0.1) is 0 Å². The molecule has 0 fully saturated rings. The number of ether oxygens (including phenoxy) is 1. The number of rotatable bonds is 13. The maximum Gasteiger partial charge on any atom is 0.242 e. The monoisotopic (exact) mass is 490 g/mol. The summed E-state index contributed by atoms with van der Waals surface area (Å²) in [5.41, 5.74) is 2.37. The number of benzene rings is 3. The van der Waals surface area contributed by atoms with Crippen LogP contribution in [0.5, 0.6) is 5.75 Å². The SMILES string of the molecule is CCCCOc1ccc(NC(=O)C(Sc2cccc(NC(=O)CCCC)c2)c2ccccc2)cc1. The van der Waals surface area contributed by atoms with Crippen LogP contribution >= 0.6 is 11.8 Å². The number of hydrogen-bond acceptors (Lipinski definition) is 4. The lowest BCUT2D eigenvalue weighted by Gasteiger charge is -2.18. The molecular weight excluding hydrogens is 456 g/mol. The summed E-state index contributed by atoms with van der Waals surface area (Å²) in [6.45, 7) is 4.88. The summed E-state index contributed by atoms with van der Waals surface area (Å²) in [4.78, 5) is 26.4. The number of amides is 2. The molecule has 0 aliphatic heterocycles. The number of carbonyl (C=O) groups is 2. The van der Waals surface area contributed by atoms with Crippen LogP contribution in [-0.2, 0) is 9.59 Å². The van der Waals surface area contributed by atoms with Crippen molar-refractivity contribution in [3.8, 4) is 5.75 Å². The van der Waals surface area contributed by atoms with Crippen LogP contribution in [0.15, 0.2) is 83.8 Å². The third-order valence-corrected chi connectivity index (χ3v) is 6.61. The molecule has 6 heteroatoms. The molecule has 1 unspecified atom stereocenters. The molecule has 184 valence electrons. The molecule has 3 aromatic rings. The predicted octanol–water partition coefficient (Wildman–Crippen LogP) is 7.47. The summed E-state index contributed by atoms with van der Waals surface area (Å²) < 4.78 is 5.72. The van der Waals surface area contributed by atoms with E-state index in [2.05, 4.69) is 24.5 Å². The maximum absolute atomic E-state index is 13.4. The normalized spacial score (nSPS) is 11.5. The zero-order valence-corrected chi connectivity index (χ0v) is 21.3. The Hall–Kier alpha value is -3.25. The Balaban J connectivity index is 1.71. The van der Waals surface area contributed by atoms with Gasteiger partial charge < -0.3 is 15.4 Å². The van der Waals surface area contributed by atoms with Crippen LogP contribution in [0.1, 0.15) is 56.8 Å². The van der Waals surface area contributed by atoms with E-state index in [1.165, 1.54) is 11.8 Å². The van der Waals surface area contributed by atoms with E-state index in [-0.39, 0.29) is 11.8 Å². The van der Waals surface area contributed by atoms with Gasteiger partial charge in [0, 0.05) is 22.7 Å². The molecule has 0 heterocycles. The second kappa shape index (κ2) is 14.2. The molecule has 0 spiro atoms. The summed E-state index contributed by atoms with van der Waals surface area (Å²) in [6.07, 6.45) is 4.44. The van der Waals surface area contributed by atoms with Gasteiger partial charge in [0.2, 0.25) is 11.8 Å². The molecule has 0 bridgehead atoms. The molecule has 0 saturated heterocycles. The molecule has 0 aliphatic rings. The van der Waals surface area contributed by atoms with Gasteiger partial charge in [0.1, 0.15) is 11.0 Å². The Labute approximate surface area is 212 Å². The molecule has 0 radical (unpaired) electrons. The fourth-order valence-electron chi connectivity index (χ4n) is 3.42. The Morgan fingerprint density at radius 1 is 0.829 bits per heavy atom. The van der Waals surface area contributed by atoms with Crippen LogP contribution < -0.4 is 15.4 Å². The van der Waals surface area contributed by atoms with Crippen molar-refractivity contribution in [1.82, 2.24) is 0 Å². The number of hydrogen-bond donors (Lipinski definition) is 2. The standard InChI is InChI=1S/C29H34N2O3S/c1-3-5-15-27(32)30-24-13-10-14-26(21-24)35-28(22-11-8-7-9-12-22)29(33)31-23-16-18-25(19-17-23)34-20-6-4-2/h7-14,16-19,21,28H,3-6,15,20H2,1-2H3,(H,30,32)(H,31,33). The molecule has 2 N–H and O–H groups in total. The highest BCUT2D eigenvalue weighted by molar-refractivity contribution is 8.00. The van der Waals surface area contributed by atoms with E-state index in [0.29, 0.717) is 13.0 Å². The first-order valence-corrected chi connectivity index (χ1v) is 13.1. The predicted molar refractivity (Wildman–Crippen MR) is 145 cm³/mol. The highest BCUT2D eigenvalue weighted by Gasteiger charge is 2.22. The molecule has 2 amide bonds. The fraction of sp³-hybridized carbons (Fsp3) is 0.310. The third-order valence-electron chi connectivity index (χ3n) is 5.36. The topological polar surface area (TPSA) is 67.4 Å². The zero-order valence-electron chi connectivity index (χ0n) is 20.5. The van der Waals surface area contributed by atoms with Crippen LogP contribution in [0.4, 0.5) is 11.4 Å². The summed E-state index contributed by atoms with van der Waals surface area (Å²) in [7, 11) is 0. The molecule has 5 nitrogen and oxygen atoms in total. The molecule has 0 saturated carbocycles. The van der Waals surface area contributed by atoms with E-state index in [4.69, 9.17) is 4.74 Å². The highest BCUT2D eigenvalue weighted by Crippen LogP contribution is 2.37. The van der Waals surface area contributed by atoms with Crippen molar-refractivity contribution in [3.05, 3.63) is 84.4 Å². The second-order valence-corrected chi connectivity index (χ2v) is 9.48. The Morgan fingerprint density at radius 3 is 2.29 bits per heavy atom. The Kier molecular flexibility index (Phi) is 10.7. The van der Waals surface area contributed by atoms with Gasteiger partial charge in [-0.2, -0.15) is 0 Å². The van der Waals surface area contributed by atoms with Gasteiger partial charge in [0.05, 0.1) is 6.61 Å². The first kappa shape index (κ1) is 26.4. The van der Waals surface area contributed by atoms with Gasteiger partial charge in [0.25, 0.3) is 0 Å². The second-order valence-electron chi connectivity index (χ2n) is 8.30. The number of anilines is 2. The Bertz CT molecular complexity index is 1070. The quantitative estimate of drug-likeness (QED) is 0.193. The molecule has 0 aromatic heterocycles. The molecule has 3 rings (SSSR count). The maximum atomic E-state index is 13.4. The lowest BCUT2D eigenvalue weighted by atomic mass is 10.1. The lowest BCUT2D eigenvalue weighted by Crippen LogP contribution is -2.19. The molecule has 35 heavy (non-hydrogen) atoms. The Morgan fingerprint density at radius 2 is 1.57 bits per heavy atom. The van der Waals surface area contributed by atoms with Gasteiger partial charge in [-0.15, -0.1) is 11.8 Å². The summed E-state index contributed by atoms with van der Waals surface area (Å²) >= 11 is 1.46. The van der Waals surface area contributed by atoms with Gasteiger partial charge in [-0.05, 0) is 60.9 Å². The van der Waals surface area contributed by atoms with Crippen molar-refractivity contribution >= 4 is 35.0 Å². The molecule has 3 aromatic carbocycles. The molecule has 0 aliphatic carbocycles. The van der Waals surface area contributed by atoms with Crippen LogP contribution in [0.2, 0.25) is 0 Å². The number of carbonyl (C=O) groups excluding carboxylic acids is 2. The molecule has 1 atom stereocenters. The summed E-state index contributed by atoms with van der Waals surface area (Å²) in [5.74, 6) is 0.690. The van der Waals surface area contributed by atoms with Crippen LogP contribution in [0.25, 0.3) is 0 Å². The van der Waals surface area contributed by atoms with E-state index in [0.717, 1.165) is 53.3 Å². The van der Waals surface area contributed by atoms with Gasteiger partial charge in [-0.25, -0.2) is 0 Å². The number of unbranched alkanes of at least 4 members (excludes halogenated alkanes) is 2. The smallest absolute Gasteiger partial charge is 0.242 e. The average molecular weight is 491 g/mol. The minimum Gasteiger partial charge on any atom is -0.494 e. The van der Waals surface area contributed by atoms with Crippen molar-refractivity contribution in [2.75, 3.05) is 17.2 Å². The van der Waals surface area contributed by atoms with E-state index in [1.807, 2.05) is 78.9 Å². The van der Waals surface area contributed by atoms with Crippen LogP contribution in [0.3, 0.4) is 0 Å². The largest absolute Gasteiger partial charge is 0.494 e. The van der Waals surface area contributed by atoms with E-state index in [9.17, 15) is 9.59 Å². The highest BCUT2D eigenvalue weighted by atomic mass is 32.2. The number of nitrogens with one attached hydrogen (secondary N) is 2. The van der Waals surface area contributed by atoms with Crippen molar-refractivity contribution in [1.29, 1.82) is 0 Å². The van der Waals surface area contributed by atoms with E-state index >= 15 is 0 Å². The minimum absolute atomic E-state index is 0.00785. The van der Waals surface area contributed by atoms with Crippen molar-refractivity contribution in [3.63, 3.8) is 0 Å². The van der Waals surface area contributed by atoms with Gasteiger partial charge in [-0.1, -0.05) is 63.1 Å². The van der Waals surface area contributed by atoms with Gasteiger partial charge in [-0.3, -0.25) is 9.59 Å². The first-order valence-electron chi connectivity index (χ1n) is 12.2. The van der Waals surface area contributed by atoms with E-state index < -0.39 is 5.25 Å². The van der Waals surface area contributed by atoms with E-state index in [1.54, 1.807) is 0 Å². The van der Waals surface area contributed by atoms with Crippen molar-refractivity contribution in [2.24, 2.45) is 0 Å². The van der Waals surface area contributed by atoms with Gasteiger partial charge >= 0.3 is 0 Å². The van der Waals surface area contributed by atoms with Crippen molar-refractivity contribution < 1.29 is 14.3 Å². The molecular formula is C29H34N2O3S. The third kappa shape index (κ3) is 8.80. The van der Waals surface area contributed by atoms with Crippen molar-refractivity contribution in [2.45, 2.75) is 56.1 Å². The zero-order chi connectivity index (χ0) is 24.9. The van der Waals surface area contributed by atoms with Crippen LogP contribution in [-0.4, -0.2) is 18.4 Å². The fourth-order valence-corrected chi connectivity index (χ4v) is 4.50. The summed E-state index contributed by atoms with van der Waals surface area (Å²) in [5, 5.41) is 5.54. The van der Waals surface area contributed by atoms with Gasteiger partial charge in [0.15, 0.2) is 0 Å². The lowest BCUT2D eigenvalue weighted by molar-refractivity contribution is -0.116. The first-order chi connectivity index (χ1) is 17.1. The summed E-state index contributed by atoms with van der Waals surface area (Å²) in [6, 6.07) is 24.8. The average Bonchev–Trinajstić information content (AvgIpc) is 2.88. The number of thioether (sulfide) groups is 1.